The van der Waals surface area contributed by atoms with Gasteiger partial charge < -0.3 is 30.6 Å². The van der Waals surface area contributed by atoms with E-state index in [1.165, 1.54) is 0 Å². The van der Waals surface area contributed by atoms with E-state index < -0.39 is 12.2 Å². The molecule has 0 saturated carbocycles. The maximum Gasteiger partial charge on any atom is 0.123 e. The molecular weight excluding hydrogens is 528 g/mol. The van der Waals surface area contributed by atoms with E-state index >= 15 is 0 Å². The zero-order chi connectivity index (χ0) is 30.8. The Morgan fingerprint density at radius 3 is 1.17 bits per heavy atom. The number of hydrogen-bond donors (Lipinski definition) is 6. The van der Waals surface area contributed by atoms with Crippen LogP contribution >= 0.6 is 0 Å². The molecule has 4 aliphatic rings. The number of aliphatic hydroxyl groups excluding tert-OH is 2. The first-order valence-electron chi connectivity index (χ1n) is 16.6. The summed E-state index contributed by atoms with van der Waals surface area (Å²) in [7, 11) is 0. The first kappa shape index (κ1) is 34.1. The number of rotatable bonds is 6. The van der Waals surface area contributed by atoms with E-state index in [0.29, 0.717) is 22.3 Å². The van der Waals surface area contributed by atoms with Crippen molar-refractivity contribution in [3.05, 3.63) is 46.5 Å². The molecule has 0 radical (unpaired) electrons. The lowest BCUT2D eigenvalue weighted by Crippen LogP contribution is -2.11. The van der Waals surface area contributed by atoms with Crippen molar-refractivity contribution in [1.82, 2.24) is 0 Å². The van der Waals surface area contributed by atoms with Gasteiger partial charge in [-0.25, -0.2) is 0 Å². The van der Waals surface area contributed by atoms with Gasteiger partial charge >= 0.3 is 0 Å². The zero-order valence-corrected chi connectivity index (χ0v) is 26.4. The summed E-state index contributed by atoms with van der Waals surface area (Å²) in [6.07, 6.45) is 10.8. The third-order valence-electron chi connectivity index (χ3n) is 9.63. The van der Waals surface area contributed by atoms with Crippen molar-refractivity contribution in [1.29, 1.82) is 0 Å². The van der Waals surface area contributed by atoms with E-state index in [4.69, 9.17) is 0 Å². The molecule has 4 aliphatic carbocycles. The van der Waals surface area contributed by atoms with Gasteiger partial charge in [0.1, 0.15) is 23.0 Å². The van der Waals surface area contributed by atoms with Crippen molar-refractivity contribution in [2.75, 3.05) is 0 Å². The Morgan fingerprint density at radius 1 is 0.548 bits per heavy atom. The Labute approximate surface area is 253 Å². The van der Waals surface area contributed by atoms with Gasteiger partial charge in [-0.05, 0) is 97.6 Å². The SMILES string of the molecule is CCCC[C@@H]1CCCC[C@@H](C)[C@H](O)c2cc(O)c(c(O)c2)[C@H](CCCC)CCCC[C@@H](C)[C@H](O)c2cc(O)c1c(O)c2. The van der Waals surface area contributed by atoms with Gasteiger partial charge in [0, 0.05) is 11.1 Å². The van der Waals surface area contributed by atoms with E-state index in [2.05, 4.69) is 13.8 Å². The highest BCUT2D eigenvalue weighted by Gasteiger charge is 2.26. The standard InChI is InChI=1S/C36H56O6/c1-5-7-15-25-17-11-9-13-23(3)36(42)28-21-31(39)34(32(40)22-28)26(16-8-6-2)18-12-10-14-24(4)35(41)27-19-29(37)33(25)30(38)20-27/h19-26,35-42H,5-18H2,1-4H3/t23-,24-,25-,26-,35+,36+/m1/s1. The maximum absolute atomic E-state index is 11.1. The summed E-state index contributed by atoms with van der Waals surface area (Å²) in [5, 5.41) is 66.4. The predicted molar refractivity (Wildman–Crippen MR) is 169 cm³/mol. The van der Waals surface area contributed by atoms with Crippen molar-refractivity contribution >= 4 is 0 Å². The van der Waals surface area contributed by atoms with Gasteiger partial charge in [0.2, 0.25) is 0 Å². The van der Waals surface area contributed by atoms with Crippen molar-refractivity contribution in [3.8, 4) is 23.0 Å². The first-order valence-corrected chi connectivity index (χ1v) is 16.6. The predicted octanol–water partition coefficient (Wildman–Crippen LogP) is 9.23. The molecule has 0 fully saturated rings. The van der Waals surface area contributed by atoms with Crippen LogP contribution in [0.1, 0.15) is 164 Å². The Kier molecular flexibility index (Phi) is 13.3. The van der Waals surface area contributed by atoms with Crippen LogP contribution in [-0.4, -0.2) is 30.6 Å². The lowest BCUT2D eigenvalue weighted by atomic mass is 9.83. The summed E-state index contributed by atoms with van der Waals surface area (Å²) in [4.78, 5) is 0. The van der Waals surface area contributed by atoms with Crippen molar-refractivity contribution in [2.24, 2.45) is 11.8 Å². The minimum atomic E-state index is -0.799. The molecule has 2 aromatic carbocycles. The Balaban J connectivity index is 1.92. The highest BCUT2D eigenvalue weighted by Crippen LogP contribution is 2.45. The second kappa shape index (κ2) is 16.4. The van der Waals surface area contributed by atoms with Crippen molar-refractivity contribution in [2.45, 2.75) is 142 Å². The van der Waals surface area contributed by atoms with E-state index in [9.17, 15) is 30.6 Å². The molecule has 0 spiro atoms. The van der Waals surface area contributed by atoms with Gasteiger partial charge in [-0.15, -0.1) is 0 Å². The number of benzene rings is 2. The summed E-state index contributed by atoms with van der Waals surface area (Å²) in [5.41, 5.74) is 2.23. The molecule has 2 aromatic rings. The Morgan fingerprint density at radius 2 is 0.857 bits per heavy atom. The number of phenolic OH excluding ortho intramolecular Hbond substituents is 4. The maximum atomic E-state index is 11.1. The molecule has 42 heavy (non-hydrogen) atoms. The van der Waals surface area contributed by atoms with Gasteiger partial charge in [-0.3, -0.25) is 0 Å². The normalized spacial score (nSPS) is 26.5. The van der Waals surface area contributed by atoms with E-state index in [0.717, 1.165) is 89.9 Å². The van der Waals surface area contributed by atoms with Gasteiger partial charge in [0.05, 0.1) is 12.2 Å². The molecule has 0 unspecified atom stereocenters. The van der Waals surface area contributed by atoms with Crippen LogP contribution < -0.4 is 0 Å². The molecule has 0 aliphatic heterocycles. The molecule has 0 amide bonds. The fraction of sp³-hybridized carbons (Fsp3) is 0.667. The van der Waals surface area contributed by atoms with Gasteiger partial charge in [-0.2, -0.15) is 0 Å². The average Bonchev–Trinajstić information content (AvgIpc) is 2.95. The fourth-order valence-corrected chi connectivity index (χ4v) is 6.92. The number of aliphatic hydroxyl groups is 2. The third kappa shape index (κ3) is 8.79. The van der Waals surface area contributed by atoms with Crippen LogP contribution in [0.4, 0.5) is 0 Å². The van der Waals surface area contributed by atoms with E-state index in [1.54, 1.807) is 24.3 Å². The molecule has 6 heteroatoms. The molecule has 0 saturated heterocycles. The first-order chi connectivity index (χ1) is 20.1. The van der Waals surface area contributed by atoms with Crippen LogP contribution in [0.25, 0.3) is 0 Å². The number of unbranched alkanes of at least 4 members (excludes halogenated alkanes) is 2. The highest BCUT2D eigenvalue weighted by atomic mass is 16.3. The van der Waals surface area contributed by atoms with Gasteiger partial charge in [0.15, 0.2) is 0 Å². The minimum Gasteiger partial charge on any atom is -0.508 e. The van der Waals surface area contributed by atoms with E-state index in [-0.39, 0.29) is 46.7 Å². The topological polar surface area (TPSA) is 121 Å². The summed E-state index contributed by atoms with van der Waals surface area (Å²) in [6.45, 7) is 8.25. The van der Waals surface area contributed by atoms with Crippen LogP contribution in [-0.2, 0) is 0 Å². The fourth-order valence-electron chi connectivity index (χ4n) is 6.92. The molecule has 0 heterocycles. The Hall–Kier alpha value is -2.44. The smallest absolute Gasteiger partial charge is 0.123 e. The Bertz CT molecular complexity index is 981. The largest absolute Gasteiger partial charge is 0.508 e. The lowest BCUT2D eigenvalue weighted by molar-refractivity contribution is 0.110. The summed E-state index contributed by atoms with van der Waals surface area (Å²) >= 11 is 0. The lowest BCUT2D eigenvalue weighted by Gasteiger charge is -2.25. The number of phenols is 4. The second-order valence-electron chi connectivity index (χ2n) is 13.0. The molecule has 6 nitrogen and oxygen atoms in total. The molecule has 6 rings (SSSR count). The summed E-state index contributed by atoms with van der Waals surface area (Å²) in [6, 6.07) is 6.54. The number of hydrogen-bond acceptors (Lipinski definition) is 6. The van der Waals surface area contributed by atoms with Gasteiger partial charge in [0.25, 0.3) is 0 Å². The summed E-state index contributed by atoms with van der Waals surface area (Å²) in [5.74, 6) is 0.121. The number of aromatic hydroxyl groups is 4. The van der Waals surface area contributed by atoms with Crippen LogP contribution in [0.3, 0.4) is 0 Å². The second-order valence-corrected chi connectivity index (χ2v) is 13.0. The highest BCUT2D eigenvalue weighted by molar-refractivity contribution is 5.50. The molecular formula is C36H56O6. The molecule has 236 valence electrons. The molecule has 4 bridgehead atoms. The van der Waals surface area contributed by atoms with Crippen molar-refractivity contribution < 1.29 is 30.6 Å². The molecule has 6 atom stereocenters. The quantitative estimate of drug-likeness (QED) is 0.201. The van der Waals surface area contributed by atoms with Crippen molar-refractivity contribution in [3.63, 3.8) is 0 Å². The van der Waals surface area contributed by atoms with E-state index in [1.807, 2.05) is 13.8 Å². The van der Waals surface area contributed by atoms with Gasteiger partial charge in [-0.1, -0.05) is 79.1 Å². The third-order valence-corrected chi connectivity index (χ3v) is 9.63. The van der Waals surface area contributed by atoms with Crippen LogP contribution in [0.5, 0.6) is 23.0 Å². The van der Waals surface area contributed by atoms with Crippen LogP contribution in [0.15, 0.2) is 24.3 Å². The minimum absolute atomic E-state index is 0.00810. The van der Waals surface area contributed by atoms with Crippen LogP contribution in [0.2, 0.25) is 0 Å². The zero-order valence-electron chi connectivity index (χ0n) is 26.4. The average molecular weight is 585 g/mol. The monoisotopic (exact) mass is 584 g/mol. The summed E-state index contributed by atoms with van der Waals surface area (Å²) < 4.78 is 0. The molecule has 0 aromatic heterocycles. The van der Waals surface area contributed by atoms with Crippen LogP contribution in [0, 0.1) is 11.8 Å². The molecule has 6 N–H and O–H groups in total.